The second kappa shape index (κ2) is 8.14. The van der Waals surface area contributed by atoms with Gasteiger partial charge in [0.1, 0.15) is 5.65 Å². The number of nitrogens with zero attached hydrogens (tertiary/aromatic N) is 4. The van der Waals surface area contributed by atoms with Gasteiger partial charge >= 0.3 is 0 Å². The second-order valence-corrected chi connectivity index (χ2v) is 6.99. The van der Waals surface area contributed by atoms with E-state index in [1.165, 1.54) is 14.2 Å². The van der Waals surface area contributed by atoms with Crippen LogP contribution >= 0.6 is 23.2 Å². The molecule has 0 atom stereocenters. The van der Waals surface area contributed by atoms with Crippen LogP contribution in [-0.4, -0.2) is 33.6 Å². The van der Waals surface area contributed by atoms with E-state index in [0.717, 1.165) is 22.6 Å². The molecule has 9 heteroatoms. The van der Waals surface area contributed by atoms with Gasteiger partial charge in [0.15, 0.2) is 0 Å². The lowest BCUT2D eigenvalue weighted by atomic mass is 10.1. The van der Waals surface area contributed by atoms with E-state index >= 15 is 0 Å². The molecule has 0 aliphatic heterocycles. The number of nitrogens with one attached hydrogen (secondary N) is 1. The van der Waals surface area contributed by atoms with Crippen LogP contribution in [-0.2, 0) is 6.54 Å². The number of hydrogen-bond donors (Lipinski definition) is 1. The van der Waals surface area contributed by atoms with Gasteiger partial charge in [-0.2, -0.15) is 9.97 Å². The molecule has 4 aromatic rings. The number of ether oxygens (including phenoxy) is 2. The molecule has 0 fully saturated rings. The quantitative estimate of drug-likeness (QED) is 0.477. The molecule has 0 spiro atoms. The third kappa shape index (κ3) is 4.06. The molecule has 0 radical (unpaired) electrons. The van der Waals surface area contributed by atoms with Crippen molar-refractivity contribution in [1.29, 1.82) is 0 Å². The van der Waals surface area contributed by atoms with E-state index in [2.05, 4.69) is 15.3 Å². The lowest BCUT2D eigenvalue weighted by molar-refractivity contribution is 0.373. The van der Waals surface area contributed by atoms with Crippen molar-refractivity contribution in [2.75, 3.05) is 19.5 Å². The average molecular weight is 430 g/mol. The van der Waals surface area contributed by atoms with E-state index in [0.29, 0.717) is 34.3 Å². The highest BCUT2D eigenvalue weighted by atomic mass is 35.5. The van der Waals surface area contributed by atoms with Gasteiger partial charge in [0.05, 0.1) is 43.2 Å². The molecule has 0 saturated heterocycles. The Morgan fingerprint density at radius 2 is 1.55 bits per heavy atom. The molecule has 1 aromatic carbocycles. The van der Waals surface area contributed by atoms with Crippen LogP contribution in [0.2, 0.25) is 10.0 Å². The van der Waals surface area contributed by atoms with E-state index in [-0.39, 0.29) is 0 Å². The van der Waals surface area contributed by atoms with Crippen molar-refractivity contribution >= 4 is 34.8 Å². The maximum atomic E-state index is 6.22. The molecular weight excluding hydrogens is 413 g/mol. The highest BCUT2D eigenvalue weighted by Gasteiger charge is 2.15. The van der Waals surface area contributed by atoms with Crippen LogP contribution in [0.5, 0.6) is 11.8 Å². The summed E-state index contributed by atoms with van der Waals surface area (Å²) in [5.74, 6) is 1.18. The number of hydrogen-bond acceptors (Lipinski definition) is 6. The number of methoxy groups -OCH3 is 2. The number of aromatic nitrogens is 4. The van der Waals surface area contributed by atoms with Crippen LogP contribution in [0.3, 0.4) is 0 Å². The maximum Gasteiger partial charge on any atom is 0.229 e. The van der Waals surface area contributed by atoms with Crippen LogP contribution in [0.15, 0.2) is 48.7 Å². The van der Waals surface area contributed by atoms with E-state index in [4.69, 9.17) is 37.7 Å². The first-order chi connectivity index (χ1) is 14.1. The molecule has 4 rings (SSSR count). The molecule has 3 aromatic heterocycles. The molecule has 0 amide bonds. The third-order valence-electron chi connectivity index (χ3n) is 4.31. The number of anilines is 1. The van der Waals surface area contributed by atoms with Gasteiger partial charge in [-0.1, -0.05) is 35.3 Å². The average Bonchev–Trinajstić information content (AvgIpc) is 3.10. The summed E-state index contributed by atoms with van der Waals surface area (Å²) in [7, 11) is 3.08. The lowest BCUT2D eigenvalue weighted by Gasteiger charge is -2.10. The number of rotatable bonds is 6. The first kappa shape index (κ1) is 19.3. The number of imidazole rings is 1. The number of benzene rings is 1. The molecule has 0 bridgehead atoms. The molecule has 29 heavy (non-hydrogen) atoms. The molecule has 0 saturated carbocycles. The highest BCUT2D eigenvalue weighted by Crippen LogP contribution is 2.28. The minimum absolute atomic E-state index is 0.375. The van der Waals surface area contributed by atoms with Crippen molar-refractivity contribution in [2.45, 2.75) is 6.54 Å². The first-order valence-corrected chi connectivity index (χ1v) is 9.46. The van der Waals surface area contributed by atoms with Crippen LogP contribution in [0, 0.1) is 0 Å². The summed E-state index contributed by atoms with van der Waals surface area (Å²) in [6.07, 6.45) is 1.83. The van der Waals surface area contributed by atoms with E-state index in [1.54, 1.807) is 6.07 Å². The van der Waals surface area contributed by atoms with Crippen molar-refractivity contribution in [3.8, 4) is 23.0 Å². The van der Waals surface area contributed by atoms with E-state index in [1.807, 2.05) is 47.0 Å². The Kier molecular flexibility index (Phi) is 5.42. The fraction of sp³-hybridized carbons (Fsp3) is 0.150. The van der Waals surface area contributed by atoms with Gasteiger partial charge in [-0.15, -0.1) is 0 Å². The molecule has 1 N–H and O–H groups in total. The SMILES string of the molecule is COc1cc(OC)nc(NCc2c(-c3ccc(Cl)cc3)nc3ccc(Cl)cn23)n1. The highest BCUT2D eigenvalue weighted by molar-refractivity contribution is 6.30. The van der Waals surface area contributed by atoms with Crippen LogP contribution in [0.1, 0.15) is 5.69 Å². The fourth-order valence-corrected chi connectivity index (χ4v) is 3.22. The summed E-state index contributed by atoms with van der Waals surface area (Å²) in [6, 6.07) is 12.8. The summed E-state index contributed by atoms with van der Waals surface area (Å²) in [4.78, 5) is 13.4. The molecule has 7 nitrogen and oxygen atoms in total. The lowest BCUT2D eigenvalue weighted by Crippen LogP contribution is -2.08. The van der Waals surface area contributed by atoms with Crippen molar-refractivity contribution in [1.82, 2.24) is 19.4 Å². The minimum Gasteiger partial charge on any atom is -0.481 e. The molecule has 0 aliphatic rings. The Labute approximate surface area is 177 Å². The fourth-order valence-electron chi connectivity index (χ4n) is 2.93. The predicted octanol–water partition coefficient (Wildman–Crippen LogP) is 4.73. The normalized spacial score (nSPS) is 10.9. The number of halogens is 2. The van der Waals surface area contributed by atoms with Gasteiger partial charge in [0, 0.05) is 16.8 Å². The molecule has 0 aliphatic carbocycles. The summed E-state index contributed by atoms with van der Waals surface area (Å²) in [5.41, 5.74) is 3.43. The Morgan fingerprint density at radius 3 is 2.21 bits per heavy atom. The van der Waals surface area contributed by atoms with E-state index in [9.17, 15) is 0 Å². The smallest absolute Gasteiger partial charge is 0.229 e. The molecule has 148 valence electrons. The second-order valence-electron chi connectivity index (χ2n) is 6.12. The van der Waals surface area contributed by atoms with Crippen molar-refractivity contribution in [3.05, 3.63) is 64.4 Å². The summed E-state index contributed by atoms with van der Waals surface area (Å²) < 4.78 is 12.4. The van der Waals surface area contributed by atoms with Gasteiger partial charge in [-0.25, -0.2) is 4.98 Å². The predicted molar refractivity (Wildman–Crippen MR) is 113 cm³/mol. The Hall–Kier alpha value is -3.03. The van der Waals surface area contributed by atoms with Gasteiger partial charge in [0.2, 0.25) is 17.7 Å². The van der Waals surface area contributed by atoms with Crippen LogP contribution in [0.25, 0.3) is 16.9 Å². The maximum absolute atomic E-state index is 6.22. The molecule has 3 heterocycles. The third-order valence-corrected chi connectivity index (χ3v) is 4.79. The van der Waals surface area contributed by atoms with Gasteiger partial charge in [0.25, 0.3) is 0 Å². The number of pyridine rings is 1. The molecular formula is C20H17Cl2N5O2. The standard InChI is InChI=1S/C20H17Cl2N5O2/c1-28-17-9-18(29-2)26-20(25-17)23-10-15-19(12-3-5-13(21)6-4-12)24-16-8-7-14(22)11-27(15)16/h3-9,11H,10H2,1-2H3,(H,23,25,26). The zero-order valence-corrected chi connectivity index (χ0v) is 17.2. The van der Waals surface area contributed by atoms with Gasteiger partial charge in [-0.05, 0) is 24.3 Å². The zero-order valence-electron chi connectivity index (χ0n) is 15.7. The Bertz CT molecular complexity index is 1140. The van der Waals surface area contributed by atoms with Crippen LogP contribution in [0.4, 0.5) is 5.95 Å². The topological polar surface area (TPSA) is 73.6 Å². The zero-order chi connectivity index (χ0) is 20.4. The monoisotopic (exact) mass is 429 g/mol. The van der Waals surface area contributed by atoms with Crippen molar-refractivity contribution in [2.24, 2.45) is 0 Å². The molecule has 0 unspecified atom stereocenters. The first-order valence-electron chi connectivity index (χ1n) is 8.70. The van der Waals surface area contributed by atoms with E-state index < -0.39 is 0 Å². The largest absolute Gasteiger partial charge is 0.481 e. The number of fused-ring (bicyclic) bond motifs is 1. The summed E-state index contributed by atoms with van der Waals surface area (Å²) in [6.45, 7) is 0.399. The van der Waals surface area contributed by atoms with Gasteiger partial charge < -0.3 is 19.2 Å². The van der Waals surface area contributed by atoms with Crippen LogP contribution < -0.4 is 14.8 Å². The summed E-state index contributed by atoms with van der Waals surface area (Å²) >= 11 is 12.3. The van der Waals surface area contributed by atoms with Crippen molar-refractivity contribution in [3.63, 3.8) is 0 Å². The van der Waals surface area contributed by atoms with Gasteiger partial charge in [-0.3, -0.25) is 0 Å². The minimum atomic E-state index is 0.375. The summed E-state index contributed by atoms with van der Waals surface area (Å²) in [5, 5.41) is 4.49. The Balaban J connectivity index is 1.75. The van der Waals surface area contributed by atoms with Crippen molar-refractivity contribution < 1.29 is 9.47 Å². The Morgan fingerprint density at radius 1 is 0.897 bits per heavy atom.